The van der Waals surface area contributed by atoms with E-state index in [0.717, 1.165) is 5.57 Å². The van der Waals surface area contributed by atoms with Crippen LogP contribution in [0.15, 0.2) is 41.6 Å². The molecule has 1 saturated heterocycles. The summed E-state index contributed by atoms with van der Waals surface area (Å²) in [5.41, 5.74) is 1.30. The van der Waals surface area contributed by atoms with Crippen molar-refractivity contribution in [1.82, 2.24) is 10.2 Å². The molecule has 23 heavy (non-hydrogen) atoms. The Labute approximate surface area is 137 Å². The molecule has 3 rings (SSSR count). The van der Waals surface area contributed by atoms with E-state index >= 15 is 0 Å². The van der Waals surface area contributed by atoms with Crippen molar-refractivity contribution >= 4 is 29.5 Å². The van der Waals surface area contributed by atoms with E-state index in [1.807, 2.05) is 6.92 Å². The van der Waals surface area contributed by atoms with Crippen LogP contribution in [0, 0.1) is 0 Å². The van der Waals surface area contributed by atoms with Crippen LogP contribution in [-0.2, 0) is 9.59 Å². The molecule has 0 radical (unpaired) electrons. The number of nitrogens with one attached hydrogen (secondary N) is 1. The molecule has 2 amide bonds. The quantitative estimate of drug-likeness (QED) is 0.815. The summed E-state index contributed by atoms with van der Waals surface area (Å²) in [4.78, 5) is 37.3. The fraction of sp³-hybridized carbons (Fsp3) is 0.312. The molecule has 2 atom stereocenters. The summed E-state index contributed by atoms with van der Waals surface area (Å²) in [5, 5.41) is 11.7. The molecule has 1 aromatic carbocycles. The molecule has 1 unspecified atom stereocenters. The molecule has 0 saturated carbocycles. The number of amides is 2. The Morgan fingerprint density at radius 3 is 2.65 bits per heavy atom. The van der Waals surface area contributed by atoms with Gasteiger partial charge in [-0.2, -0.15) is 0 Å². The number of aliphatic carboxylic acids is 1. The van der Waals surface area contributed by atoms with Gasteiger partial charge in [0.15, 0.2) is 0 Å². The summed E-state index contributed by atoms with van der Waals surface area (Å²) in [7, 11) is 0. The van der Waals surface area contributed by atoms with Crippen LogP contribution in [0.2, 0.25) is 0 Å². The Bertz CT molecular complexity index is 701. The van der Waals surface area contributed by atoms with Gasteiger partial charge < -0.3 is 10.4 Å². The second-order valence-corrected chi connectivity index (χ2v) is 6.44. The van der Waals surface area contributed by atoms with Crippen LogP contribution in [0.3, 0.4) is 0 Å². The molecule has 0 bridgehead atoms. The number of carboxylic acid groups (broad SMARTS) is 1. The van der Waals surface area contributed by atoms with Gasteiger partial charge in [0.05, 0.1) is 0 Å². The van der Waals surface area contributed by atoms with Crippen molar-refractivity contribution in [2.45, 2.75) is 24.8 Å². The summed E-state index contributed by atoms with van der Waals surface area (Å²) in [5.74, 6) is -1.22. The molecule has 7 heteroatoms. The van der Waals surface area contributed by atoms with E-state index in [2.05, 4.69) is 5.32 Å². The second kappa shape index (κ2) is 6.08. The van der Waals surface area contributed by atoms with Gasteiger partial charge >= 0.3 is 5.97 Å². The molecule has 120 valence electrons. The van der Waals surface area contributed by atoms with Gasteiger partial charge in [-0.05, 0) is 24.1 Å². The van der Waals surface area contributed by atoms with Crippen molar-refractivity contribution in [3.8, 4) is 0 Å². The zero-order valence-electron chi connectivity index (χ0n) is 12.5. The van der Waals surface area contributed by atoms with Gasteiger partial charge in [0.25, 0.3) is 11.8 Å². The maximum atomic E-state index is 12.3. The number of thioether (sulfide) groups is 1. The smallest absolute Gasteiger partial charge is 0.352 e. The lowest BCUT2D eigenvalue weighted by Crippen LogP contribution is -2.70. The molecule has 0 spiro atoms. The topological polar surface area (TPSA) is 86.7 Å². The number of hydrogen-bond donors (Lipinski definition) is 2. The minimum absolute atomic E-state index is 0.0754. The number of β-lactam (4-membered cyclic amide) rings is 1. The van der Waals surface area contributed by atoms with Gasteiger partial charge in [0, 0.05) is 11.3 Å². The Morgan fingerprint density at radius 1 is 1.35 bits per heavy atom. The Balaban J connectivity index is 1.77. The lowest BCUT2D eigenvalue weighted by Gasteiger charge is -2.49. The first-order chi connectivity index (χ1) is 11.0. The van der Waals surface area contributed by atoms with E-state index in [-0.39, 0.29) is 22.9 Å². The highest BCUT2D eigenvalue weighted by Gasteiger charge is 2.53. The minimum atomic E-state index is -1.09. The van der Waals surface area contributed by atoms with E-state index in [0.29, 0.717) is 17.7 Å². The van der Waals surface area contributed by atoms with Crippen LogP contribution in [0.5, 0.6) is 0 Å². The molecule has 2 aliphatic heterocycles. The Hall–Kier alpha value is -2.28. The molecular formula is C16H16N2O4S. The lowest BCUT2D eigenvalue weighted by atomic mass is 10.0. The maximum absolute atomic E-state index is 12.3. The number of hydrogen-bond acceptors (Lipinski definition) is 4. The first-order valence-electron chi connectivity index (χ1n) is 7.30. The standard InChI is InChI=1S/C16H16N2O4S/c1-2-9-8-23-15-11(14(20)18(15)12(9)16(21)22)17-13(19)10-6-4-3-5-7-10/h3-7,11,15H,2,8H2,1H3,(H,17,19)(H,21,22)/t11?,15-/m1/s1. The fourth-order valence-electron chi connectivity index (χ4n) is 2.77. The largest absolute Gasteiger partial charge is 0.477 e. The number of carbonyl (C=O) groups is 3. The van der Waals surface area contributed by atoms with Gasteiger partial charge in [-0.15, -0.1) is 11.8 Å². The molecular weight excluding hydrogens is 316 g/mol. The monoisotopic (exact) mass is 332 g/mol. The number of nitrogens with zero attached hydrogens (tertiary/aromatic N) is 1. The van der Waals surface area contributed by atoms with E-state index in [4.69, 9.17) is 0 Å². The molecule has 0 aliphatic carbocycles. The van der Waals surface area contributed by atoms with Crippen LogP contribution < -0.4 is 5.32 Å². The number of benzene rings is 1. The average molecular weight is 332 g/mol. The molecule has 1 aromatic rings. The highest BCUT2D eigenvalue weighted by Crippen LogP contribution is 2.41. The number of fused-ring (bicyclic) bond motifs is 1. The molecule has 2 aliphatic rings. The van der Waals surface area contributed by atoms with Gasteiger partial charge in [0.1, 0.15) is 17.1 Å². The fourth-order valence-corrected chi connectivity index (χ4v) is 4.22. The van der Waals surface area contributed by atoms with Crippen LogP contribution in [0.4, 0.5) is 0 Å². The van der Waals surface area contributed by atoms with Crippen molar-refractivity contribution in [3.63, 3.8) is 0 Å². The number of carboxylic acids is 1. The number of carbonyl (C=O) groups excluding carboxylic acids is 2. The van der Waals surface area contributed by atoms with Crippen LogP contribution in [0.25, 0.3) is 0 Å². The molecule has 2 heterocycles. The minimum Gasteiger partial charge on any atom is -0.477 e. The maximum Gasteiger partial charge on any atom is 0.352 e. The van der Waals surface area contributed by atoms with Gasteiger partial charge in [-0.1, -0.05) is 25.1 Å². The van der Waals surface area contributed by atoms with Crippen LogP contribution in [-0.4, -0.2) is 45.0 Å². The number of rotatable bonds is 4. The zero-order chi connectivity index (χ0) is 16.6. The summed E-state index contributed by atoms with van der Waals surface area (Å²) < 4.78 is 0. The molecule has 6 nitrogen and oxygen atoms in total. The highest BCUT2D eigenvalue weighted by molar-refractivity contribution is 8.00. The second-order valence-electron chi connectivity index (χ2n) is 5.34. The summed E-state index contributed by atoms with van der Waals surface area (Å²) in [6, 6.07) is 7.96. The van der Waals surface area contributed by atoms with Gasteiger partial charge in [0.2, 0.25) is 0 Å². The molecule has 0 aromatic heterocycles. The first kappa shape index (κ1) is 15.6. The van der Waals surface area contributed by atoms with Crippen molar-refractivity contribution in [2.75, 3.05) is 5.75 Å². The summed E-state index contributed by atoms with van der Waals surface area (Å²) >= 11 is 1.49. The highest BCUT2D eigenvalue weighted by atomic mass is 32.2. The Kier molecular flexibility index (Phi) is 4.12. The predicted octanol–water partition coefficient (Wildman–Crippen LogP) is 1.45. The van der Waals surface area contributed by atoms with E-state index in [1.165, 1.54) is 16.7 Å². The van der Waals surface area contributed by atoms with Crippen molar-refractivity contribution < 1.29 is 19.5 Å². The average Bonchev–Trinajstić information content (AvgIpc) is 2.58. The molecule has 2 N–H and O–H groups in total. The third kappa shape index (κ3) is 2.61. The predicted molar refractivity (Wildman–Crippen MR) is 85.7 cm³/mol. The first-order valence-corrected chi connectivity index (χ1v) is 8.35. The summed E-state index contributed by atoms with van der Waals surface area (Å²) in [6.45, 7) is 1.87. The van der Waals surface area contributed by atoms with Crippen molar-refractivity contribution in [2.24, 2.45) is 0 Å². The molecule has 1 fully saturated rings. The van der Waals surface area contributed by atoms with Crippen molar-refractivity contribution in [1.29, 1.82) is 0 Å². The SMILES string of the molecule is CCC1=C(C(=O)O)N2C(=O)C(NC(=O)c3ccccc3)[C@H]2SC1. The van der Waals surface area contributed by atoms with E-state index < -0.39 is 12.0 Å². The van der Waals surface area contributed by atoms with E-state index in [1.54, 1.807) is 30.3 Å². The third-order valence-electron chi connectivity index (χ3n) is 4.00. The zero-order valence-corrected chi connectivity index (χ0v) is 13.3. The van der Waals surface area contributed by atoms with Crippen LogP contribution in [0.1, 0.15) is 23.7 Å². The van der Waals surface area contributed by atoms with Gasteiger partial charge in [-0.25, -0.2) is 4.79 Å². The normalized spacial score (nSPS) is 23.2. The van der Waals surface area contributed by atoms with Crippen molar-refractivity contribution in [3.05, 3.63) is 47.2 Å². The van der Waals surface area contributed by atoms with Crippen LogP contribution >= 0.6 is 11.8 Å². The summed E-state index contributed by atoms with van der Waals surface area (Å²) in [6.07, 6.45) is 0.589. The third-order valence-corrected chi connectivity index (χ3v) is 5.34. The Morgan fingerprint density at radius 2 is 2.04 bits per heavy atom. The van der Waals surface area contributed by atoms with E-state index in [9.17, 15) is 19.5 Å². The lowest BCUT2D eigenvalue weighted by molar-refractivity contribution is -0.148. The van der Waals surface area contributed by atoms with Gasteiger partial charge in [-0.3, -0.25) is 14.5 Å².